The van der Waals surface area contributed by atoms with Crippen LogP contribution >= 0.6 is 0 Å². The van der Waals surface area contributed by atoms with Gasteiger partial charge < -0.3 is 15.2 Å². The maximum absolute atomic E-state index is 11.2. The number of nitrogens with zero attached hydrogens (tertiary/aromatic N) is 2. The number of nitro groups is 1. The minimum Gasteiger partial charge on any atom is -0.477 e. The van der Waals surface area contributed by atoms with Crippen LogP contribution in [0.2, 0.25) is 0 Å². The summed E-state index contributed by atoms with van der Waals surface area (Å²) in [5, 5.41) is 13.2. The van der Waals surface area contributed by atoms with Crippen LogP contribution in [0.5, 0.6) is 5.88 Å². The predicted octanol–water partition coefficient (Wildman–Crippen LogP) is 2.10. The molecule has 0 aliphatic rings. The number of amides is 1. The lowest BCUT2D eigenvalue weighted by atomic mass is 10.3. The first-order chi connectivity index (χ1) is 9.99. The maximum Gasteiger partial charge on any atom is 0.411 e. The van der Waals surface area contributed by atoms with Crippen molar-refractivity contribution in [2.75, 3.05) is 24.8 Å². The Kier molecular flexibility index (Phi) is 5.93. The van der Waals surface area contributed by atoms with Crippen LogP contribution < -0.4 is 15.8 Å². The van der Waals surface area contributed by atoms with E-state index in [4.69, 9.17) is 10.5 Å². The number of anilines is 2. The number of aromatic nitrogens is 1. The summed E-state index contributed by atoms with van der Waals surface area (Å²) in [6.45, 7) is 2.20. The summed E-state index contributed by atoms with van der Waals surface area (Å²) in [6, 6.07) is 1.22. The van der Waals surface area contributed by atoms with Gasteiger partial charge in [-0.1, -0.05) is 12.2 Å². The molecule has 1 amide bonds. The third-order valence-electron chi connectivity index (χ3n) is 2.37. The lowest BCUT2D eigenvalue weighted by molar-refractivity contribution is -0.383. The van der Waals surface area contributed by atoms with Crippen molar-refractivity contribution in [1.82, 2.24) is 4.98 Å². The van der Waals surface area contributed by atoms with Crippen molar-refractivity contribution in [3.63, 3.8) is 0 Å². The van der Waals surface area contributed by atoms with E-state index in [1.54, 1.807) is 0 Å². The molecule has 0 aromatic carbocycles. The van der Waals surface area contributed by atoms with Crippen LogP contribution in [0, 0.1) is 10.1 Å². The van der Waals surface area contributed by atoms with E-state index in [-0.39, 0.29) is 17.4 Å². The van der Waals surface area contributed by atoms with E-state index in [1.807, 2.05) is 19.1 Å². The third-order valence-corrected chi connectivity index (χ3v) is 2.37. The molecule has 21 heavy (non-hydrogen) atoms. The number of rotatable bonds is 6. The number of nitrogens with one attached hydrogen (secondary N) is 1. The lowest BCUT2D eigenvalue weighted by Gasteiger charge is -2.09. The monoisotopic (exact) mass is 296 g/mol. The van der Waals surface area contributed by atoms with E-state index in [2.05, 4.69) is 15.0 Å². The Hall–Kier alpha value is -2.84. The predicted molar refractivity (Wildman–Crippen MR) is 76.3 cm³/mol. The molecule has 0 saturated heterocycles. The Bertz CT molecular complexity index is 559. The molecule has 0 atom stereocenters. The lowest BCUT2D eigenvalue weighted by Crippen LogP contribution is -2.14. The molecule has 1 aromatic rings. The van der Waals surface area contributed by atoms with Crippen molar-refractivity contribution in [3.8, 4) is 5.88 Å². The van der Waals surface area contributed by atoms with E-state index < -0.39 is 16.7 Å². The van der Waals surface area contributed by atoms with Gasteiger partial charge in [-0.3, -0.25) is 15.4 Å². The molecule has 0 aliphatic heterocycles. The van der Waals surface area contributed by atoms with Gasteiger partial charge in [-0.2, -0.15) is 4.98 Å². The Morgan fingerprint density at radius 3 is 2.90 bits per heavy atom. The van der Waals surface area contributed by atoms with Crippen LogP contribution in [0.15, 0.2) is 18.2 Å². The molecule has 0 saturated carbocycles. The molecule has 3 N–H and O–H groups in total. The molecule has 1 rings (SSSR count). The Labute approximate surface area is 120 Å². The SMILES string of the molecule is C/C=C/CCOc1cc(NC(=O)OC)c([N+](=O)[O-])c(N)n1. The average Bonchev–Trinajstić information content (AvgIpc) is 2.42. The summed E-state index contributed by atoms with van der Waals surface area (Å²) in [5.41, 5.74) is 4.88. The van der Waals surface area contributed by atoms with E-state index in [0.29, 0.717) is 13.0 Å². The number of allylic oxidation sites excluding steroid dienone is 1. The number of nitrogen functional groups attached to an aromatic ring is 1. The number of hydrogen-bond donors (Lipinski definition) is 2. The first-order valence-corrected chi connectivity index (χ1v) is 6.03. The molecule has 0 aliphatic carbocycles. The van der Waals surface area contributed by atoms with Crippen LogP contribution in [0.1, 0.15) is 13.3 Å². The molecule has 9 heteroatoms. The van der Waals surface area contributed by atoms with Crippen LogP contribution in [0.4, 0.5) is 22.0 Å². The van der Waals surface area contributed by atoms with E-state index in [0.717, 1.165) is 7.11 Å². The number of carbonyl (C=O) groups excluding carboxylic acids is 1. The highest BCUT2D eigenvalue weighted by Gasteiger charge is 2.23. The summed E-state index contributed by atoms with van der Waals surface area (Å²) in [5.74, 6) is -0.274. The Morgan fingerprint density at radius 1 is 1.62 bits per heavy atom. The molecular weight excluding hydrogens is 280 g/mol. The topological polar surface area (TPSA) is 130 Å². The van der Waals surface area contributed by atoms with Crippen LogP contribution in [0.25, 0.3) is 0 Å². The van der Waals surface area contributed by atoms with Crippen LogP contribution in [0.3, 0.4) is 0 Å². The van der Waals surface area contributed by atoms with Gasteiger partial charge >= 0.3 is 11.8 Å². The number of methoxy groups -OCH3 is 1. The highest BCUT2D eigenvalue weighted by molar-refractivity contribution is 5.90. The van der Waals surface area contributed by atoms with E-state index in [9.17, 15) is 14.9 Å². The van der Waals surface area contributed by atoms with Crippen molar-refractivity contribution >= 4 is 23.3 Å². The second-order valence-corrected chi connectivity index (χ2v) is 3.82. The Morgan fingerprint density at radius 2 is 2.33 bits per heavy atom. The zero-order valence-corrected chi connectivity index (χ0v) is 11.7. The summed E-state index contributed by atoms with van der Waals surface area (Å²) in [6.07, 6.45) is 3.55. The molecule has 114 valence electrons. The second-order valence-electron chi connectivity index (χ2n) is 3.82. The van der Waals surface area contributed by atoms with Crippen LogP contribution in [-0.4, -0.2) is 29.7 Å². The van der Waals surface area contributed by atoms with Crippen molar-refractivity contribution < 1.29 is 19.2 Å². The minimum atomic E-state index is -0.858. The second kappa shape index (κ2) is 7.68. The molecule has 0 spiro atoms. The first-order valence-electron chi connectivity index (χ1n) is 6.03. The summed E-state index contributed by atoms with van der Waals surface area (Å²) in [4.78, 5) is 25.2. The number of ether oxygens (including phenoxy) is 2. The van der Waals surface area contributed by atoms with E-state index >= 15 is 0 Å². The molecule has 1 heterocycles. The van der Waals surface area contributed by atoms with Crippen molar-refractivity contribution in [2.24, 2.45) is 0 Å². The average molecular weight is 296 g/mol. The van der Waals surface area contributed by atoms with E-state index in [1.165, 1.54) is 6.07 Å². The summed E-state index contributed by atoms with van der Waals surface area (Å²) < 4.78 is 9.72. The number of nitrogens with two attached hydrogens (primary N) is 1. The van der Waals surface area contributed by atoms with Gasteiger partial charge in [0.15, 0.2) is 0 Å². The van der Waals surface area contributed by atoms with Gasteiger partial charge in [0.05, 0.1) is 18.6 Å². The highest BCUT2D eigenvalue weighted by atomic mass is 16.6. The normalized spacial score (nSPS) is 10.4. The van der Waals surface area contributed by atoms with Crippen molar-refractivity contribution in [2.45, 2.75) is 13.3 Å². The molecule has 1 aromatic heterocycles. The number of hydrogen-bond acceptors (Lipinski definition) is 7. The Balaban J connectivity index is 3.02. The smallest absolute Gasteiger partial charge is 0.411 e. The zero-order valence-electron chi connectivity index (χ0n) is 11.7. The van der Waals surface area contributed by atoms with Crippen LogP contribution in [-0.2, 0) is 4.74 Å². The van der Waals surface area contributed by atoms with Gasteiger partial charge in [0, 0.05) is 6.07 Å². The zero-order chi connectivity index (χ0) is 15.8. The quantitative estimate of drug-likeness (QED) is 0.356. The highest BCUT2D eigenvalue weighted by Crippen LogP contribution is 2.32. The fraction of sp³-hybridized carbons (Fsp3) is 0.333. The first kappa shape index (κ1) is 16.2. The van der Waals surface area contributed by atoms with Crippen molar-refractivity contribution in [3.05, 3.63) is 28.3 Å². The van der Waals surface area contributed by atoms with Gasteiger partial charge in [0.25, 0.3) is 0 Å². The van der Waals surface area contributed by atoms with Gasteiger partial charge in [0.2, 0.25) is 11.7 Å². The third kappa shape index (κ3) is 4.64. The minimum absolute atomic E-state index is 0.0778. The molecule has 0 unspecified atom stereocenters. The van der Waals surface area contributed by atoms with Crippen molar-refractivity contribution in [1.29, 1.82) is 0 Å². The molecule has 0 fully saturated rings. The van der Waals surface area contributed by atoms with Gasteiger partial charge in [-0.05, 0) is 13.3 Å². The summed E-state index contributed by atoms with van der Waals surface area (Å²) >= 11 is 0. The molecule has 0 radical (unpaired) electrons. The molecular formula is C12H16N4O5. The fourth-order valence-corrected chi connectivity index (χ4v) is 1.45. The van der Waals surface area contributed by atoms with Gasteiger partial charge in [-0.15, -0.1) is 0 Å². The fourth-order valence-electron chi connectivity index (χ4n) is 1.45. The van der Waals surface area contributed by atoms with Gasteiger partial charge in [-0.25, -0.2) is 4.79 Å². The molecule has 0 bridgehead atoms. The standard InChI is InChI=1S/C12H16N4O5/c1-3-4-5-6-21-9-7-8(14-12(17)20-2)10(16(18)19)11(13)15-9/h3-4,7H,5-6H2,1-2H3,(H3,13,14,15,17)/b4-3+. The van der Waals surface area contributed by atoms with Gasteiger partial charge in [0.1, 0.15) is 5.69 Å². The largest absolute Gasteiger partial charge is 0.477 e. The number of carbonyl (C=O) groups is 1. The number of pyridine rings is 1. The maximum atomic E-state index is 11.2. The molecule has 9 nitrogen and oxygen atoms in total. The summed E-state index contributed by atoms with van der Waals surface area (Å²) in [7, 11) is 1.14.